The molecular weight excluding hydrogens is 392 g/mol. The number of Topliss-reactive ketones (excluding diaryl/α,β-unsaturated/α-hetero) is 1. The van der Waals surface area contributed by atoms with Gasteiger partial charge in [-0.05, 0) is 54.5 Å². The van der Waals surface area contributed by atoms with Crippen LogP contribution in [0.25, 0.3) is 6.08 Å². The summed E-state index contributed by atoms with van der Waals surface area (Å²) in [5.74, 6) is 2.35. The summed E-state index contributed by atoms with van der Waals surface area (Å²) in [6.07, 6.45) is 3.55. The van der Waals surface area contributed by atoms with Crippen molar-refractivity contribution < 1.29 is 19.0 Å². The Labute approximate surface area is 180 Å². The SMILES string of the molecule is COc1ccc(/C=C2\Oc3c4c(cc(C)c3C2=O)OCN(Cc2ccccn2)C4)cc1. The molecule has 2 aliphatic heterocycles. The number of nitrogens with zero attached hydrogens (tertiary/aromatic N) is 2. The quantitative estimate of drug-likeness (QED) is 0.591. The van der Waals surface area contributed by atoms with Crippen molar-refractivity contribution in [2.24, 2.45) is 0 Å². The molecule has 156 valence electrons. The fourth-order valence-electron chi connectivity index (χ4n) is 3.95. The number of carbonyl (C=O) groups excluding carboxylic acids is 1. The lowest BCUT2D eigenvalue weighted by Crippen LogP contribution is -2.32. The molecule has 6 heteroatoms. The highest BCUT2D eigenvalue weighted by atomic mass is 16.5. The number of allylic oxidation sites excluding steroid dienone is 1. The predicted molar refractivity (Wildman–Crippen MR) is 116 cm³/mol. The average molecular weight is 414 g/mol. The van der Waals surface area contributed by atoms with Gasteiger partial charge in [-0.1, -0.05) is 18.2 Å². The first kappa shape index (κ1) is 19.3. The zero-order chi connectivity index (χ0) is 21.4. The smallest absolute Gasteiger partial charge is 0.232 e. The van der Waals surface area contributed by atoms with Gasteiger partial charge in [-0.2, -0.15) is 0 Å². The number of aromatic nitrogens is 1. The first-order chi connectivity index (χ1) is 15.1. The maximum absolute atomic E-state index is 13.1. The summed E-state index contributed by atoms with van der Waals surface area (Å²) in [4.78, 5) is 19.7. The normalized spacial score (nSPS) is 16.5. The molecule has 0 amide bonds. The van der Waals surface area contributed by atoms with Crippen LogP contribution < -0.4 is 14.2 Å². The van der Waals surface area contributed by atoms with Gasteiger partial charge in [0.1, 0.15) is 24.0 Å². The largest absolute Gasteiger partial charge is 0.497 e. The van der Waals surface area contributed by atoms with Crippen molar-refractivity contribution in [2.75, 3.05) is 13.8 Å². The zero-order valence-electron chi connectivity index (χ0n) is 17.4. The molecule has 0 saturated heterocycles. The molecule has 2 aliphatic rings. The molecule has 0 fully saturated rings. The molecule has 6 nitrogen and oxygen atoms in total. The third-order valence-electron chi connectivity index (χ3n) is 5.51. The fraction of sp³-hybridized carbons (Fsp3) is 0.200. The van der Waals surface area contributed by atoms with Crippen LogP contribution in [0.1, 0.15) is 32.7 Å². The number of carbonyl (C=O) groups is 1. The highest BCUT2D eigenvalue weighted by Crippen LogP contribution is 2.44. The fourth-order valence-corrected chi connectivity index (χ4v) is 3.95. The standard InChI is InChI=1S/C25H22N2O4/c1-16-11-21-20(14-27(15-30-21)13-18-5-3-4-10-26-18)25-23(16)24(28)22(31-25)12-17-6-8-19(29-2)9-7-17/h3-12H,13-15H2,1-2H3/b22-12-. The van der Waals surface area contributed by atoms with Gasteiger partial charge < -0.3 is 14.2 Å². The number of hydrogen-bond acceptors (Lipinski definition) is 6. The number of methoxy groups -OCH3 is 1. The summed E-state index contributed by atoms with van der Waals surface area (Å²) in [5.41, 5.74) is 4.21. The van der Waals surface area contributed by atoms with E-state index in [9.17, 15) is 4.79 Å². The van der Waals surface area contributed by atoms with Crippen molar-refractivity contribution in [3.63, 3.8) is 0 Å². The first-order valence-electron chi connectivity index (χ1n) is 10.1. The van der Waals surface area contributed by atoms with Crippen LogP contribution in [0.4, 0.5) is 0 Å². The topological polar surface area (TPSA) is 60.9 Å². The third-order valence-corrected chi connectivity index (χ3v) is 5.51. The number of hydrogen-bond donors (Lipinski definition) is 0. The lowest BCUT2D eigenvalue weighted by atomic mass is 9.98. The Morgan fingerprint density at radius 1 is 1.19 bits per heavy atom. The Morgan fingerprint density at radius 3 is 2.77 bits per heavy atom. The van der Waals surface area contributed by atoms with Crippen LogP contribution in [-0.2, 0) is 13.1 Å². The van der Waals surface area contributed by atoms with Gasteiger partial charge >= 0.3 is 0 Å². The van der Waals surface area contributed by atoms with Crippen LogP contribution in [0.3, 0.4) is 0 Å². The minimum atomic E-state index is -0.104. The molecule has 0 aliphatic carbocycles. The molecule has 2 aromatic carbocycles. The van der Waals surface area contributed by atoms with Gasteiger partial charge in [0.05, 0.1) is 23.9 Å². The van der Waals surface area contributed by atoms with Crippen molar-refractivity contribution in [1.82, 2.24) is 9.88 Å². The lowest BCUT2D eigenvalue weighted by molar-refractivity contribution is 0.0861. The second kappa shape index (κ2) is 7.89. The van der Waals surface area contributed by atoms with E-state index in [1.807, 2.05) is 55.5 Å². The number of rotatable bonds is 4. The molecule has 0 spiro atoms. The van der Waals surface area contributed by atoms with Gasteiger partial charge in [0.15, 0.2) is 5.76 Å². The predicted octanol–water partition coefficient (Wildman–Crippen LogP) is 4.37. The van der Waals surface area contributed by atoms with E-state index in [4.69, 9.17) is 14.2 Å². The summed E-state index contributed by atoms with van der Waals surface area (Å²) < 4.78 is 17.3. The minimum Gasteiger partial charge on any atom is -0.497 e. The molecule has 1 aromatic heterocycles. The van der Waals surface area contributed by atoms with E-state index in [2.05, 4.69) is 9.88 Å². The first-order valence-corrected chi connectivity index (χ1v) is 10.1. The lowest BCUT2D eigenvalue weighted by Gasteiger charge is -2.29. The van der Waals surface area contributed by atoms with E-state index in [1.165, 1.54) is 0 Å². The molecule has 0 N–H and O–H groups in total. The Morgan fingerprint density at radius 2 is 2.03 bits per heavy atom. The zero-order valence-corrected chi connectivity index (χ0v) is 17.4. The van der Waals surface area contributed by atoms with Crippen LogP contribution >= 0.6 is 0 Å². The van der Waals surface area contributed by atoms with Crippen molar-refractivity contribution in [3.8, 4) is 17.2 Å². The minimum absolute atomic E-state index is 0.104. The number of aryl methyl sites for hydroxylation is 1. The van der Waals surface area contributed by atoms with Crippen molar-refractivity contribution >= 4 is 11.9 Å². The maximum atomic E-state index is 13.1. The van der Waals surface area contributed by atoms with Crippen LogP contribution in [0.15, 0.2) is 60.5 Å². The second-order valence-electron chi connectivity index (χ2n) is 7.67. The van der Waals surface area contributed by atoms with Gasteiger partial charge in [-0.3, -0.25) is 14.7 Å². The van der Waals surface area contributed by atoms with Gasteiger partial charge in [0, 0.05) is 19.3 Å². The van der Waals surface area contributed by atoms with Crippen molar-refractivity contribution in [1.29, 1.82) is 0 Å². The van der Waals surface area contributed by atoms with Gasteiger partial charge in [-0.25, -0.2) is 0 Å². The van der Waals surface area contributed by atoms with E-state index in [0.29, 0.717) is 36.9 Å². The van der Waals surface area contributed by atoms with E-state index in [-0.39, 0.29) is 5.78 Å². The molecule has 0 saturated carbocycles. The number of benzene rings is 2. The highest BCUT2D eigenvalue weighted by molar-refractivity contribution is 6.15. The van der Waals surface area contributed by atoms with Crippen molar-refractivity contribution in [2.45, 2.75) is 20.0 Å². The number of ketones is 1. The van der Waals surface area contributed by atoms with Gasteiger partial charge in [-0.15, -0.1) is 0 Å². The summed E-state index contributed by atoms with van der Waals surface area (Å²) in [6, 6.07) is 15.3. The van der Waals surface area contributed by atoms with Crippen molar-refractivity contribution in [3.05, 3.63) is 88.4 Å². The van der Waals surface area contributed by atoms with E-state index >= 15 is 0 Å². The molecule has 31 heavy (non-hydrogen) atoms. The summed E-state index contributed by atoms with van der Waals surface area (Å²) in [5, 5.41) is 0. The number of pyridine rings is 1. The molecule has 5 rings (SSSR count). The van der Waals surface area contributed by atoms with E-state index in [1.54, 1.807) is 19.4 Å². The van der Waals surface area contributed by atoms with Crippen LogP contribution in [0.2, 0.25) is 0 Å². The Bertz CT molecular complexity index is 1170. The summed E-state index contributed by atoms with van der Waals surface area (Å²) in [6.45, 7) is 3.66. The molecule has 0 atom stereocenters. The molecule has 3 aromatic rings. The van der Waals surface area contributed by atoms with Crippen LogP contribution in [0.5, 0.6) is 17.2 Å². The average Bonchev–Trinajstić information content (AvgIpc) is 3.12. The van der Waals surface area contributed by atoms with Crippen LogP contribution in [-0.4, -0.2) is 29.5 Å². The molecule has 3 heterocycles. The van der Waals surface area contributed by atoms with E-state index < -0.39 is 0 Å². The molecule has 0 bridgehead atoms. The number of ether oxygens (including phenoxy) is 3. The number of fused-ring (bicyclic) bond motifs is 3. The maximum Gasteiger partial charge on any atom is 0.232 e. The second-order valence-corrected chi connectivity index (χ2v) is 7.67. The Kier molecular flexibility index (Phi) is 4.92. The van der Waals surface area contributed by atoms with Gasteiger partial charge in [0.25, 0.3) is 0 Å². The van der Waals surface area contributed by atoms with E-state index in [0.717, 1.165) is 33.9 Å². The summed E-state index contributed by atoms with van der Waals surface area (Å²) >= 11 is 0. The molecular formula is C25H22N2O4. The molecule has 0 radical (unpaired) electrons. The highest BCUT2D eigenvalue weighted by Gasteiger charge is 2.35. The summed E-state index contributed by atoms with van der Waals surface area (Å²) in [7, 11) is 1.62. The Balaban J connectivity index is 1.45. The third kappa shape index (κ3) is 3.66. The monoisotopic (exact) mass is 414 g/mol. The van der Waals surface area contributed by atoms with Gasteiger partial charge in [0.2, 0.25) is 5.78 Å². The Hall–Kier alpha value is -3.64. The molecule has 0 unspecified atom stereocenters. The van der Waals surface area contributed by atoms with Crippen LogP contribution in [0, 0.1) is 6.92 Å².